The zero-order valence-corrected chi connectivity index (χ0v) is 12.3. The second-order valence-corrected chi connectivity index (χ2v) is 5.47. The molecule has 0 aliphatic carbocycles. The Bertz CT molecular complexity index is 548. The summed E-state index contributed by atoms with van der Waals surface area (Å²) < 4.78 is 5.32. The highest BCUT2D eigenvalue weighted by molar-refractivity contribution is 7.98. The number of furan rings is 1. The lowest BCUT2D eigenvalue weighted by Gasteiger charge is -2.27. The summed E-state index contributed by atoms with van der Waals surface area (Å²) >= 11 is 1.70. The fourth-order valence-electron chi connectivity index (χ4n) is 2.10. The summed E-state index contributed by atoms with van der Waals surface area (Å²) in [4.78, 5) is 0. The summed E-state index contributed by atoms with van der Waals surface area (Å²) in [5, 5.41) is 13.0. The first-order chi connectivity index (χ1) is 9.80. The van der Waals surface area contributed by atoms with Gasteiger partial charge in [0.15, 0.2) is 0 Å². The van der Waals surface area contributed by atoms with E-state index in [2.05, 4.69) is 11.4 Å². The zero-order chi connectivity index (χ0) is 14.3. The molecule has 2 aromatic rings. The van der Waals surface area contributed by atoms with Gasteiger partial charge in [0.25, 0.3) is 0 Å². The third-order valence-corrected chi connectivity index (χ3v) is 4.20. The van der Waals surface area contributed by atoms with Crippen molar-refractivity contribution in [3.05, 3.63) is 60.1 Å². The number of hydrogen-bond donors (Lipinski definition) is 1. The molecule has 0 amide bonds. The molecule has 1 N–H and O–H groups in total. The van der Waals surface area contributed by atoms with Crippen LogP contribution < -0.4 is 5.32 Å². The largest absolute Gasteiger partial charge is 0.468 e. The van der Waals surface area contributed by atoms with Crippen molar-refractivity contribution in [1.29, 1.82) is 5.26 Å². The topological polar surface area (TPSA) is 49.0 Å². The normalized spacial score (nSPS) is 13.6. The van der Waals surface area contributed by atoms with E-state index in [1.807, 2.05) is 49.4 Å². The summed E-state index contributed by atoms with van der Waals surface area (Å²) in [6.07, 6.45) is 1.68. The van der Waals surface area contributed by atoms with Crippen LogP contribution in [0.1, 0.15) is 18.2 Å². The van der Waals surface area contributed by atoms with Gasteiger partial charge >= 0.3 is 0 Å². The zero-order valence-electron chi connectivity index (χ0n) is 11.5. The summed E-state index contributed by atoms with van der Waals surface area (Å²) in [7, 11) is 0. The Kier molecular flexibility index (Phi) is 5.28. The van der Waals surface area contributed by atoms with Gasteiger partial charge in [0.05, 0.1) is 18.1 Å². The van der Waals surface area contributed by atoms with Gasteiger partial charge < -0.3 is 4.42 Å². The van der Waals surface area contributed by atoms with Crippen LogP contribution in [0.2, 0.25) is 0 Å². The lowest BCUT2D eigenvalue weighted by molar-refractivity contribution is 0.489. The molecule has 3 nitrogen and oxygen atoms in total. The summed E-state index contributed by atoms with van der Waals surface area (Å²) in [5.74, 6) is 2.39. The summed E-state index contributed by atoms with van der Waals surface area (Å²) in [6.45, 7) is 2.77. The third-order valence-electron chi connectivity index (χ3n) is 3.08. The molecule has 20 heavy (non-hydrogen) atoms. The van der Waals surface area contributed by atoms with E-state index < -0.39 is 5.54 Å². The Morgan fingerprint density at radius 3 is 2.65 bits per heavy atom. The highest BCUT2D eigenvalue weighted by Crippen LogP contribution is 2.27. The monoisotopic (exact) mass is 286 g/mol. The lowest BCUT2D eigenvalue weighted by Crippen LogP contribution is -2.43. The number of benzene rings is 1. The predicted molar refractivity (Wildman–Crippen MR) is 82.3 cm³/mol. The molecule has 0 aliphatic rings. The maximum Gasteiger partial charge on any atom is 0.141 e. The Hall–Kier alpha value is -1.70. The minimum absolute atomic E-state index is 0.646. The van der Waals surface area contributed by atoms with Gasteiger partial charge in [-0.15, -0.1) is 0 Å². The van der Waals surface area contributed by atoms with E-state index in [-0.39, 0.29) is 0 Å². The Morgan fingerprint density at radius 2 is 2.05 bits per heavy atom. The highest BCUT2D eigenvalue weighted by atomic mass is 32.2. The van der Waals surface area contributed by atoms with Crippen LogP contribution in [0, 0.1) is 11.3 Å². The number of hydrogen-bond acceptors (Lipinski definition) is 4. The molecule has 0 fully saturated rings. The van der Waals surface area contributed by atoms with Gasteiger partial charge in [-0.05, 0) is 24.2 Å². The second kappa shape index (κ2) is 7.18. The van der Waals surface area contributed by atoms with Crippen LogP contribution in [0.3, 0.4) is 0 Å². The van der Waals surface area contributed by atoms with Crippen LogP contribution in [0.25, 0.3) is 0 Å². The molecule has 1 atom stereocenters. The van der Waals surface area contributed by atoms with E-state index in [1.54, 1.807) is 18.0 Å². The number of nitrogens with one attached hydrogen (secondary N) is 1. The van der Waals surface area contributed by atoms with Gasteiger partial charge in [-0.2, -0.15) is 17.0 Å². The molecule has 1 unspecified atom stereocenters. The van der Waals surface area contributed by atoms with E-state index in [1.165, 1.54) is 0 Å². The second-order valence-electron chi connectivity index (χ2n) is 4.49. The van der Waals surface area contributed by atoms with Gasteiger partial charge in [0.2, 0.25) is 0 Å². The van der Waals surface area contributed by atoms with Crippen molar-refractivity contribution in [2.24, 2.45) is 0 Å². The van der Waals surface area contributed by atoms with Crippen molar-refractivity contribution in [2.75, 3.05) is 12.3 Å². The molecule has 0 saturated heterocycles. The molecule has 1 aromatic carbocycles. The number of rotatable bonds is 7. The van der Waals surface area contributed by atoms with Crippen LogP contribution in [-0.4, -0.2) is 12.3 Å². The molecule has 0 spiro atoms. The van der Waals surface area contributed by atoms with Crippen molar-refractivity contribution in [3.63, 3.8) is 0 Å². The van der Waals surface area contributed by atoms with Gasteiger partial charge in [-0.1, -0.05) is 37.3 Å². The van der Waals surface area contributed by atoms with Crippen LogP contribution in [0.5, 0.6) is 0 Å². The standard InChI is InChI=1S/C16H18N2OS/c1-2-18-16(12-17,14-7-4-3-5-8-14)13-20-11-15-9-6-10-19-15/h3-10,18H,2,11,13H2,1H3. The molecule has 0 aliphatic heterocycles. The molecule has 2 rings (SSSR count). The smallest absolute Gasteiger partial charge is 0.141 e. The maximum absolute atomic E-state index is 9.67. The molecule has 1 aromatic heterocycles. The van der Waals surface area contributed by atoms with Crippen molar-refractivity contribution in [2.45, 2.75) is 18.2 Å². The lowest BCUT2D eigenvalue weighted by atomic mass is 9.93. The van der Waals surface area contributed by atoms with Crippen LogP contribution in [0.15, 0.2) is 53.1 Å². The minimum Gasteiger partial charge on any atom is -0.468 e. The van der Waals surface area contributed by atoms with Gasteiger partial charge in [-0.3, -0.25) is 5.32 Å². The van der Waals surface area contributed by atoms with Crippen LogP contribution in [-0.2, 0) is 11.3 Å². The van der Waals surface area contributed by atoms with E-state index in [0.717, 1.165) is 23.6 Å². The average molecular weight is 286 g/mol. The molecule has 104 valence electrons. The first kappa shape index (κ1) is 14.7. The molecule has 4 heteroatoms. The molecule has 0 radical (unpaired) electrons. The Morgan fingerprint density at radius 1 is 1.25 bits per heavy atom. The number of nitrogens with zero attached hydrogens (tertiary/aromatic N) is 1. The SMILES string of the molecule is CCNC(C#N)(CSCc1ccco1)c1ccccc1. The molecular formula is C16H18N2OS. The predicted octanol–water partition coefficient (Wildman–Crippen LogP) is 3.54. The average Bonchev–Trinajstić information content (AvgIpc) is 3.00. The van der Waals surface area contributed by atoms with Crippen molar-refractivity contribution < 1.29 is 4.42 Å². The Balaban J connectivity index is 2.09. The third kappa shape index (κ3) is 3.44. The fraction of sp³-hybridized carbons (Fsp3) is 0.312. The van der Waals surface area contributed by atoms with Crippen molar-refractivity contribution in [3.8, 4) is 6.07 Å². The fourth-order valence-corrected chi connectivity index (χ4v) is 3.20. The number of thioether (sulfide) groups is 1. The van der Waals surface area contributed by atoms with Crippen LogP contribution in [0.4, 0.5) is 0 Å². The van der Waals surface area contributed by atoms with Crippen molar-refractivity contribution in [1.82, 2.24) is 5.32 Å². The van der Waals surface area contributed by atoms with Gasteiger partial charge in [0, 0.05) is 5.75 Å². The van der Waals surface area contributed by atoms with E-state index in [9.17, 15) is 5.26 Å². The first-order valence-corrected chi connectivity index (χ1v) is 7.78. The number of nitriles is 1. The molecular weight excluding hydrogens is 268 g/mol. The first-order valence-electron chi connectivity index (χ1n) is 6.62. The minimum atomic E-state index is -0.646. The van der Waals surface area contributed by atoms with E-state index >= 15 is 0 Å². The van der Waals surface area contributed by atoms with Crippen LogP contribution >= 0.6 is 11.8 Å². The highest BCUT2D eigenvalue weighted by Gasteiger charge is 2.31. The molecule has 1 heterocycles. The van der Waals surface area contributed by atoms with Gasteiger partial charge in [0.1, 0.15) is 11.3 Å². The van der Waals surface area contributed by atoms with E-state index in [4.69, 9.17) is 4.42 Å². The van der Waals surface area contributed by atoms with Gasteiger partial charge in [-0.25, -0.2) is 0 Å². The quantitative estimate of drug-likeness (QED) is 0.845. The van der Waals surface area contributed by atoms with Crippen molar-refractivity contribution >= 4 is 11.8 Å². The summed E-state index contributed by atoms with van der Waals surface area (Å²) in [6, 6.07) is 16.2. The summed E-state index contributed by atoms with van der Waals surface area (Å²) in [5.41, 5.74) is 0.365. The van der Waals surface area contributed by atoms with E-state index in [0.29, 0.717) is 5.75 Å². The maximum atomic E-state index is 9.67. The Labute approximate surface area is 124 Å². The molecule has 0 bridgehead atoms. The molecule has 0 saturated carbocycles.